The van der Waals surface area contributed by atoms with Crippen LogP contribution >= 0.6 is 37.2 Å². The van der Waals surface area contributed by atoms with Gasteiger partial charge in [0.25, 0.3) is 0 Å². The summed E-state index contributed by atoms with van der Waals surface area (Å²) in [6.07, 6.45) is 5.08. The van der Waals surface area contributed by atoms with Crippen LogP contribution in [0.4, 0.5) is 5.82 Å². The van der Waals surface area contributed by atoms with E-state index in [2.05, 4.69) is 38.5 Å². The minimum atomic E-state index is -0.0253. The van der Waals surface area contributed by atoms with Crippen molar-refractivity contribution in [1.82, 2.24) is 20.5 Å². The van der Waals surface area contributed by atoms with Crippen LogP contribution in [0.2, 0.25) is 0 Å². The largest absolute Gasteiger partial charge is 0.354 e. The Balaban J connectivity index is 0.00000208. The number of likely N-dealkylation sites (N-methyl/N-ethyl adjacent to an activating group) is 1. The van der Waals surface area contributed by atoms with E-state index in [0.717, 1.165) is 56.9 Å². The van der Waals surface area contributed by atoms with Gasteiger partial charge in [-0.25, -0.2) is 4.98 Å². The number of anilines is 1. The Labute approximate surface area is 174 Å². The highest BCUT2D eigenvalue weighted by Gasteiger charge is 2.20. The zero-order valence-corrected chi connectivity index (χ0v) is 17.6. The molecule has 6 nitrogen and oxygen atoms in total. The van der Waals surface area contributed by atoms with E-state index in [9.17, 15) is 4.79 Å². The average molecular weight is 427 g/mol. The molecular weight excluding hydrogens is 397 g/mol. The quantitative estimate of drug-likeness (QED) is 0.769. The minimum absolute atomic E-state index is 0. The highest BCUT2D eigenvalue weighted by atomic mass is 35.5. The highest BCUT2D eigenvalue weighted by Crippen LogP contribution is 2.15. The maximum Gasteiger partial charge on any atom is 0.237 e. The summed E-state index contributed by atoms with van der Waals surface area (Å²) < 4.78 is 0. The molecule has 1 amide bonds. The molecule has 2 saturated heterocycles. The van der Waals surface area contributed by atoms with Crippen LogP contribution in [0, 0.1) is 0 Å². The van der Waals surface area contributed by atoms with E-state index in [1.807, 2.05) is 12.3 Å². The van der Waals surface area contributed by atoms with E-state index < -0.39 is 0 Å². The molecule has 26 heavy (non-hydrogen) atoms. The fraction of sp³-hybridized carbons (Fsp3) is 0.647. The fourth-order valence-corrected chi connectivity index (χ4v) is 3.17. The minimum Gasteiger partial charge on any atom is -0.354 e. The predicted molar refractivity (Wildman–Crippen MR) is 113 cm³/mol. The number of amides is 1. The van der Waals surface area contributed by atoms with Gasteiger partial charge in [-0.05, 0) is 44.1 Å². The molecule has 2 aliphatic rings. The number of carbonyl (C=O) groups is 1. The molecule has 0 bridgehead atoms. The van der Waals surface area contributed by atoms with Crippen molar-refractivity contribution in [2.45, 2.75) is 31.8 Å². The Kier molecular flexibility index (Phi) is 12.2. The molecule has 2 N–H and O–H groups in total. The molecule has 0 aromatic carbocycles. The van der Waals surface area contributed by atoms with Crippen LogP contribution in [0.1, 0.15) is 24.8 Å². The Morgan fingerprint density at radius 3 is 2.62 bits per heavy atom. The topological polar surface area (TPSA) is 60.5 Å². The lowest BCUT2D eigenvalue weighted by molar-refractivity contribution is -0.123. The number of pyridine rings is 1. The van der Waals surface area contributed by atoms with Gasteiger partial charge in [-0.3, -0.25) is 4.79 Å². The second-order valence-corrected chi connectivity index (χ2v) is 6.53. The molecule has 0 aliphatic carbocycles. The van der Waals surface area contributed by atoms with E-state index in [1.165, 1.54) is 6.42 Å². The normalized spacial score (nSPS) is 20.2. The zero-order chi connectivity index (χ0) is 16.1. The Bertz CT molecular complexity index is 535. The summed E-state index contributed by atoms with van der Waals surface area (Å²) in [4.78, 5) is 21.3. The first-order chi connectivity index (χ1) is 11.2. The molecule has 3 heterocycles. The zero-order valence-electron chi connectivity index (χ0n) is 15.1. The van der Waals surface area contributed by atoms with Crippen LogP contribution in [0.15, 0.2) is 18.3 Å². The molecule has 1 aromatic rings. The third-order valence-corrected chi connectivity index (χ3v) is 4.73. The number of hydrogen-bond donors (Lipinski definition) is 2. The van der Waals surface area contributed by atoms with Crippen molar-refractivity contribution in [3.63, 3.8) is 0 Å². The van der Waals surface area contributed by atoms with Gasteiger partial charge in [-0.1, -0.05) is 6.42 Å². The van der Waals surface area contributed by atoms with Crippen LogP contribution in [-0.2, 0) is 11.3 Å². The maximum atomic E-state index is 12.2. The molecular formula is C17H30Cl3N5O. The summed E-state index contributed by atoms with van der Waals surface area (Å²) in [5, 5.41) is 6.33. The third kappa shape index (κ3) is 7.08. The predicted octanol–water partition coefficient (Wildman–Crippen LogP) is 1.86. The number of piperidine rings is 1. The van der Waals surface area contributed by atoms with Crippen molar-refractivity contribution in [2.24, 2.45) is 0 Å². The van der Waals surface area contributed by atoms with Crippen molar-refractivity contribution in [2.75, 3.05) is 44.7 Å². The van der Waals surface area contributed by atoms with Gasteiger partial charge in [0, 0.05) is 38.9 Å². The highest BCUT2D eigenvalue weighted by molar-refractivity contribution is 5.86. The van der Waals surface area contributed by atoms with Gasteiger partial charge in [0.15, 0.2) is 0 Å². The summed E-state index contributed by atoms with van der Waals surface area (Å²) in [6.45, 7) is 5.66. The molecule has 3 rings (SSSR count). The first-order valence-electron chi connectivity index (χ1n) is 8.62. The molecule has 9 heteroatoms. The van der Waals surface area contributed by atoms with Crippen molar-refractivity contribution >= 4 is 48.9 Å². The summed E-state index contributed by atoms with van der Waals surface area (Å²) >= 11 is 0. The second kappa shape index (κ2) is 12.6. The van der Waals surface area contributed by atoms with Gasteiger partial charge < -0.3 is 20.4 Å². The van der Waals surface area contributed by atoms with Crippen LogP contribution in [0.25, 0.3) is 0 Å². The van der Waals surface area contributed by atoms with E-state index >= 15 is 0 Å². The lowest BCUT2D eigenvalue weighted by atomic mass is 10.0. The number of piperazine rings is 1. The molecule has 1 unspecified atom stereocenters. The summed E-state index contributed by atoms with van der Waals surface area (Å²) in [5.74, 6) is 1.13. The molecule has 0 saturated carbocycles. The molecule has 2 fully saturated rings. The van der Waals surface area contributed by atoms with Crippen molar-refractivity contribution in [3.05, 3.63) is 23.9 Å². The molecule has 0 radical (unpaired) electrons. The number of halogens is 3. The number of hydrogen-bond acceptors (Lipinski definition) is 5. The van der Waals surface area contributed by atoms with Gasteiger partial charge in [-0.2, -0.15) is 0 Å². The first kappa shape index (κ1) is 25.2. The second-order valence-electron chi connectivity index (χ2n) is 6.53. The van der Waals surface area contributed by atoms with Crippen molar-refractivity contribution in [1.29, 1.82) is 0 Å². The standard InChI is InChI=1S/C17H27N5O.3ClH/c1-21-8-10-22(11-9-21)16-12-14(5-7-19-16)13-20-17(23)15-4-2-3-6-18-15;;;/h5,7,12,15,18H,2-4,6,8-11,13H2,1H3,(H,20,23);3*1H. The Morgan fingerprint density at radius 2 is 1.96 bits per heavy atom. The Morgan fingerprint density at radius 1 is 1.23 bits per heavy atom. The summed E-state index contributed by atoms with van der Waals surface area (Å²) in [7, 11) is 2.15. The van der Waals surface area contributed by atoms with E-state index in [-0.39, 0.29) is 49.2 Å². The number of nitrogens with one attached hydrogen (secondary N) is 2. The molecule has 150 valence electrons. The number of carbonyl (C=O) groups excluding carboxylic acids is 1. The molecule has 2 aliphatic heterocycles. The van der Waals surface area contributed by atoms with Gasteiger partial charge in [0.2, 0.25) is 5.91 Å². The number of rotatable bonds is 4. The average Bonchev–Trinajstić information content (AvgIpc) is 2.61. The monoisotopic (exact) mass is 425 g/mol. The van der Waals surface area contributed by atoms with Gasteiger partial charge in [-0.15, -0.1) is 37.2 Å². The number of nitrogens with zero attached hydrogens (tertiary/aromatic N) is 3. The van der Waals surface area contributed by atoms with Gasteiger partial charge >= 0.3 is 0 Å². The summed E-state index contributed by atoms with van der Waals surface area (Å²) in [6, 6.07) is 4.05. The third-order valence-electron chi connectivity index (χ3n) is 4.73. The maximum absolute atomic E-state index is 12.2. The molecule has 0 spiro atoms. The van der Waals surface area contributed by atoms with Gasteiger partial charge in [0.1, 0.15) is 5.82 Å². The van der Waals surface area contributed by atoms with E-state index in [0.29, 0.717) is 6.54 Å². The lowest BCUT2D eigenvalue weighted by Crippen LogP contribution is -2.46. The van der Waals surface area contributed by atoms with Crippen molar-refractivity contribution < 1.29 is 4.79 Å². The lowest BCUT2D eigenvalue weighted by Gasteiger charge is -2.33. The van der Waals surface area contributed by atoms with Crippen molar-refractivity contribution in [3.8, 4) is 0 Å². The SMILES string of the molecule is CN1CCN(c2cc(CNC(=O)C3CCCCN3)ccn2)CC1.Cl.Cl.Cl. The first-order valence-corrected chi connectivity index (χ1v) is 8.62. The van der Waals surface area contributed by atoms with Crippen LogP contribution in [0.3, 0.4) is 0 Å². The molecule has 1 atom stereocenters. The fourth-order valence-electron chi connectivity index (χ4n) is 3.17. The Hall–Kier alpha value is -0.790. The van der Waals surface area contributed by atoms with E-state index in [1.54, 1.807) is 0 Å². The number of aromatic nitrogens is 1. The van der Waals surface area contributed by atoms with Gasteiger partial charge in [0.05, 0.1) is 6.04 Å². The smallest absolute Gasteiger partial charge is 0.237 e. The van der Waals surface area contributed by atoms with Crippen LogP contribution in [0.5, 0.6) is 0 Å². The van der Waals surface area contributed by atoms with E-state index in [4.69, 9.17) is 0 Å². The summed E-state index contributed by atoms with van der Waals surface area (Å²) in [5.41, 5.74) is 1.11. The van der Waals surface area contributed by atoms with Crippen LogP contribution < -0.4 is 15.5 Å². The molecule has 1 aromatic heterocycles. The van der Waals surface area contributed by atoms with Crippen LogP contribution in [-0.4, -0.2) is 61.6 Å².